The average molecular weight is 445 g/mol. The Morgan fingerprint density at radius 3 is 2.39 bits per heavy atom. The van der Waals surface area contributed by atoms with Crippen LogP contribution in [0.2, 0.25) is 0 Å². The molecule has 0 unspecified atom stereocenters. The molecule has 1 saturated carbocycles. The number of hydrogen-bond acceptors (Lipinski definition) is 5. The quantitative estimate of drug-likeness (QED) is 0.661. The van der Waals surface area contributed by atoms with Gasteiger partial charge in [-0.2, -0.15) is 0 Å². The maximum atomic E-state index is 13.1. The molecule has 0 saturated heterocycles. The molecule has 0 aliphatic heterocycles. The van der Waals surface area contributed by atoms with E-state index in [1.54, 1.807) is 42.5 Å². The van der Waals surface area contributed by atoms with E-state index in [9.17, 15) is 18.0 Å². The predicted octanol–water partition coefficient (Wildman–Crippen LogP) is 3.36. The van der Waals surface area contributed by atoms with Crippen LogP contribution in [-0.2, 0) is 19.6 Å². The second-order valence-electron chi connectivity index (χ2n) is 7.82. The Hall–Kier alpha value is -2.87. The van der Waals surface area contributed by atoms with Crippen LogP contribution >= 0.6 is 0 Å². The first kappa shape index (κ1) is 22.8. The number of ether oxygens (including phenoxy) is 1. The van der Waals surface area contributed by atoms with E-state index in [1.165, 1.54) is 19.2 Å². The molecule has 1 aliphatic rings. The lowest BCUT2D eigenvalue weighted by molar-refractivity contribution is -0.125. The largest absolute Gasteiger partial charge is 0.452 e. The lowest BCUT2D eigenvalue weighted by Crippen LogP contribution is -2.43. The van der Waals surface area contributed by atoms with Gasteiger partial charge in [0.1, 0.15) is 4.90 Å². The summed E-state index contributed by atoms with van der Waals surface area (Å²) in [7, 11) is -2.58. The van der Waals surface area contributed by atoms with Crippen molar-refractivity contribution in [3.63, 3.8) is 0 Å². The summed E-state index contributed by atoms with van der Waals surface area (Å²) in [4.78, 5) is 24.7. The van der Waals surface area contributed by atoms with Crippen LogP contribution in [0.4, 0.5) is 5.69 Å². The highest BCUT2D eigenvalue weighted by molar-refractivity contribution is 7.92. The fourth-order valence-electron chi connectivity index (χ4n) is 3.77. The first-order valence-corrected chi connectivity index (χ1v) is 11.8. The Labute approximate surface area is 183 Å². The van der Waals surface area contributed by atoms with Crippen molar-refractivity contribution in [3.05, 3.63) is 60.2 Å². The van der Waals surface area contributed by atoms with E-state index in [2.05, 4.69) is 12.2 Å². The molecule has 166 valence electrons. The van der Waals surface area contributed by atoms with Gasteiger partial charge in [-0.15, -0.1) is 0 Å². The average Bonchev–Trinajstić information content (AvgIpc) is 2.79. The van der Waals surface area contributed by atoms with Crippen LogP contribution in [0.15, 0.2) is 59.5 Å². The Morgan fingerprint density at radius 2 is 1.68 bits per heavy atom. The zero-order chi connectivity index (χ0) is 22.4. The Kier molecular flexibility index (Phi) is 7.33. The van der Waals surface area contributed by atoms with Gasteiger partial charge in [-0.3, -0.25) is 9.10 Å². The summed E-state index contributed by atoms with van der Waals surface area (Å²) in [5, 5.41) is 2.92. The lowest BCUT2D eigenvalue weighted by Gasteiger charge is -2.29. The molecular weight excluding hydrogens is 416 g/mol. The van der Waals surface area contributed by atoms with Crippen LogP contribution in [0.1, 0.15) is 43.0 Å². The minimum absolute atomic E-state index is 0.0761. The highest BCUT2D eigenvalue weighted by Gasteiger charge is 2.28. The van der Waals surface area contributed by atoms with Crippen molar-refractivity contribution in [1.29, 1.82) is 0 Å². The summed E-state index contributed by atoms with van der Waals surface area (Å²) >= 11 is 0. The summed E-state index contributed by atoms with van der Waals surface area (Å²) < 4.78 is 32.5. The van der Waals surface area contributed by atoms with E-state index in [0.717, 1.165) is 30.0 Å². The van der Waals surface area contributed by atoms with Gasteiger partial charge in [-0.1, -0.05) is 50.1 Å². The van der Waals surface area contributed by atoms with Gasteiger partial charge in [-0.25, -0.2) is 13.2 Å². The van der Waals surface area contributed by atoms with E-state index >= 15 is 0 Å². The Morgan fingerprint density at radius 1 is 1.03 bits per heavy atom. The molecule has 0 spiro atoms. The standard InChI is InChI=1S/C23H28N2O5S/c1-17-10-6-8-14-20(17)24-22(26)16-30-23(27)19-13-7-9-15-21(19)31(28,29)25(2)18-11-4-3-5-12-18/h3-5,7,9,11-13,15,17,20H,6,8,10,14,16H2,1-2H3,(H,24,26)/t17-,20-/m0/s1. The number of benzene rings is 2. The van der Waals surface area contributed by atoms with E-state index in [1.807, 2.05) is 0 Å². The molecule has 1 amide bonds. The fourth-order valence-corrected chi connectivity index (χ4v) is 5.15. The van der Waals surface area contributed by atoms with Crippen molar-refractivity contribution >= 4 is 27.6 Å². The monoisotopic (exact) mass is 444 g/mol. The van der Waals surface area contributed by atoms with Crippen molar-refractivity contribution < 1.29 is 22.7 Å². The number of nitrogens with one attached hydrogen (secondary N) is 1. The number of esters is 1. The van der Waals surface area contributed by atoms with E-state index in [4.69, 9.17) is 4.74 Å². The maximum Gasteiger partial charge on any atom is 0.340 e. The summed E-state index contributed by atoms with van der Waals surface area (Å²) in [6.07, 6.45) is 4.19. The summed E-state index contributed by atoms with van der Waals surface area (Å²) in [6, 6.07) is 14.5. The topological polar surface area (TPSA) is 92.8 Å². The van der Waals surface area contributed by atoms with E-state index in [-0.39, 0.29) is 22.4 Å². The van der Waals surface area contributed by atoms with Crippen molar-refractivity contribution in [2.75, 3.05) is 18.0 Å². The Bertz CT molecular complexity index is 1020. The van der Waals surface area contributed by atoms with Gasteiger partial charge in [0.25, 0.3) is 15.9 Å². The molecule has 8 heteroatoms. The van der Waals surface area contributed by atoms with Gasteiger partial charge >= 0.3 is 5.97 Å². The number of para-hydroxylation sites is 1. The molecule has 3 rings (SSSR count). The second-order valence-corrected chi connectivity index (χ2v) is 9.75. The zero-order valence-electron chi connectivity index (χ0n) is 17.8. The molecule has 2 aromatic rings. The smallest absolute Gasteiger partial charge is 0.340 e. The lowest BCUT2D eigenvalue weighted by atomic mass is 9.86. The third-order valence-corrected chi connectivity index (χ3v) is 7.50. The zero-order valence-corrected chi connectivity index (χ0v) is 18.6. The summed E-state index contributed by atoms with van der Waals surface area (Å²) in [5.74, 6) is -0.853. The third-order valence-electron chi connectivity index (χ3n) is 5.66. The van der Waals surface area contributed by atoms with Crippen LogP contribution in [-0.4, -0.2) is 40.0 Å². The molecule has 2 atom stereocenters. The molecule has 2 aromatic carbocycles. The second kappa shape index (κ2) is 9.96. The number of carbonyl (C=O) groups is 2. The first-order chi connectivity index (χ1) is 14.8. The maximum absolute atomic E-state index is 13.1. The molecule has 1 fully saturated rings. The van der Waals surface area contributed by atoms with Crippen molar-refractivity contribution in [2.45, 2.75) is 43.5 Å². The number of sulfonamides is 1. The number of amides is 1. The van der Waals surface area contributed by atoms with Crippen LogP contribution in [0, 0.1) is 5.92 Å². The molecule has 0 aromatic heterocycles. The molecule has 0 radical (unpaired) electrons. The van der Waals surface area contributed by atoms with Crippen molar-refractivity contribution in [3.8, 4) is 0 Å². The highest BCUT2D eigenvalue weighted by atomic mass is 32.2. The van der Waals surface area contributed by atoms with Gasteiger partial charge in [0.05, 0.1) is 11.3 Å². The molecule has 1 N–H and O–H groups in total. The number of carbonyl (C=O) groups excluding carboxylic acids is 2. The van der Waals surface area contributed by atoms with Crippen LogP contribution in [0.3, 0.4) is 0 Å². The SMILES string of the molecule is C[C@H]1CCCC[C@@H]1NC(=O)COC(=O)c1ccccc1S(=O)(=O)N(C)c1ccccc1. The predicted molar refractivity (Wildman–Crippen MR) is 118 cm³/mol. The van der Waals surface area contributed by atoms with Gasteiger partial charge < -0.3 is 10.1 Å². The molecule has 7 nitrogen and oxygen atoms in total. The molecular formula is C23H28N2O5S. The number of rotatable bonds is 7. The molecule has 0 heterocycles. The van der Waals surface area contributed by atoms with Crippen molar-refractivity contribution in [1.82, 2.24) is 5.32 Å². The first-order valence-electron chi connectivity index (χ1n) is 10.4. The van der Waals surface area contributed by atoms with Crippen LogP contribution < -0.4 is 9.62 Å². The van der Waals surface area contributed by atoms with E-state index < -0.39 is 22.6 Å². The number of anilines is 1. The minimum atomic E-state index is -4.00. The van der Waals surface area contributed by atoms with Gasteiger partial charge in [-0.05, 0) is 43.0 Å². The fraction of sp³-hybridized carbons (Fsp3) is 0.391. The van der Waals surface area contributed by atoms with Gasteiger partial charge in [0.15, 0.2) is 6.61 Å². The normalized spacial score (nSPS) is 18.8. The highest BCUT2D eigenvalue weighted by Crippen LogP contribution is 2.25. The van der Waals surface area contributed by atoms with Gasteiger partial charge in [0.2, 0.25) is 0 Å². The van der Waals surface area contributed by atoms with Crippen LogP contribution in [0.5, 0.6) is 0 Å². The number of nitrogens with zero attached hydrogens (tertiary/aromatic N) is 1. The minimum Gasteiger partial charge on any atom is -0.452 e. The summed E-state index contributed by atoms with van der Waals surface area (Å²) in [5.41, 5.74) is 0.357. The van der Waals surface area contributed by atoms with Crippen LogP contribution in [0.25, 0.3) is 0 Å². The molecule has 0 bridgehead atoms. The molecule has 1 aliphatic carbocycles. The number of hydrogen-bond donors (Lipinski definition) is 1. The molecule has 31 heavy (non-hydrogen) atoms. The van der Waals surface area contributed by atoms with Gasteiger partial charge in [0, 0.05) is 13.1 Å². The Balaban J connectivity index is 1.70. The van der Waals surface area contributed by atoms with Crippen molar-refractivity contribution in [2.24, 2.45) is 5.92 Å². The third kappa shape index (κ3) is 5.44. The van der Waals surface area contributed by atoms with E-state index in [0.29, 0.717) is 11.6 Å². The summed E-state index contributed by atoms with van der Waals surface area (Å²) in [6.45, 7) is 1.64.